The molecule has 2 rings (SSSR count). The van der Waals surface area contributed by atoms with E-state index in [-0.39, 0.29) is 0 Å². The average molecular weight is 326 g/mol. The molecular formula is C21H30N2O. The quantitative estimate of drug-likeness (QED) is 0.490. The molecule has 0 saturated carbocycles. The van der Waals surface area contributed by atoms with Crippen molar-refractivity contribution in [2.75, 3.05) is 24.2 Å². The van der Waals surface area contributed by atoms with E-state index in [1.54, 1.807) is 0 Å². The van der Waals surface area contributed by atoms with Crippen LogP contribution in [0.4, 0.5) is 11.4 Å². The molecule has 0 atom stereocenters. The molecule has 130 valence electrons. The Morgan fingerprint density at radius 1 is 1.08 bits per heavy atom. The molecule has 0 aliphatic heterocycles. The van der Waals surface area contributed by atoms with Crippen molar-refractivity contribution in [2.45, 2.75) is 46.0 Å². The molecule has 0 heterocycles. The second kappa shape index (κ2) is 9.21. The number of rotatable bonds is 9. The van der Waals surface area contributed by atoms with Gasteiger partial charge in [-0.25, -0.2) is 0 Å². The van der Waals surface area contributed by atoms with Crippen LogP contribution in [-0.4, -0.2) is 13.2 Å². The smallest absolute Gasteiger partial charge is 0.142 e. The van der Waals surface area contributed by atoms with Crippen molar-refractivity contribution in [2.24, 2.45) is 0 Å². The van der Waals surface area contributed by atoms with E-state index in [9.17, 15) is 0 Å². The van der Waals surface area contributed by atoms with Crippen LogP contribution < -0.4 is 15.8 Å². The molecular weight excluding hydrogens is 296 g/mol. The number of anilines is 2. The third-order valence-corrected chi connectivity index (χ3v) is 4.08. The van der Waals surface area contributed by atoms with E-state index in [0.29, 0.717) is 12.5 Å². The highest BCUT2D eigenvalue weighted by Gasteiger charge is 2.02. The standard InChI is InChI=1S/C21H30N2O/c1-4-14-24-21-12-7-17(15-20(21)22)6-5-13-23-19-10-8-18(9-11-19)16(2)3/h7-12,15-16,23H,4-6,13-14,22H2,1-3H3. The molecule has 0 aromatic heterocycles. The maximum Gasteiger partial charge on any atom is 0.142 e. The zero-order valence-electron chi connectivity index (χ0n) is 15.1. The summed E-state index contributed by atoms with van der Waals surface area (Å²) in [7, 11) is 0. The lowest BCUT2D eigenvalue weighted by Crippen LogP contribution is -2.04. The molecule has 3 nitrogen and oxygen atoms in total. The van der Waals surface area contributed by atoms with Crippen LogP contribution in [0, 0.1) is 0 Å². The number of hydrogen-bond donors (Lipinski definition) is 2. The van der Waals surface area contributed by atoms with Gasteiger partial charge in [0, 0.05) is 12.2 Å². The molecule has 3 N–H and O–H groups in total. The maximum atomic E-state index is 6.06. The van der Waals surface area contributed by atoms with E-state index >= 15 is 0 Å². The first-order valence-electron chi connectivity index (χ1n) is 8.95. The first-order valence-corrected chi connectivity index (χ1v) is 8.95. The van der Waals surface area contributed by atoms with Crippen molar-refractivity contribution >= 4 is 11.4 Å². The number of nitrogens with one attached hydrogen (secondary N) is 1. The molecule has 2 aromatic rings. The van der Waals surface area contributed by atoms with Gasteiger partial charge in [-0.15, -0.1) is 0 Å². The van der Waals surface area contributed by atoms with Gasteiger partial charge in [-0.2, -0.15) is 0 Å². The van der Waals surface area contributed by atoms with Crippen molar-refractivity contribution in [3.05, 3.63) is 53.6 Å². The maximum absolute atomic E-state index is 6.06. The van der Waals surface area contributed by atoms with Gasteiger partial charge in [0.2, 0.25) is 0 Å². The van der Waals surface area contributed by atoms with Gasteiger partial charge < -0.3 is 15.8 Å². The van der Waals surface area contributed by atoms with E-state index < -0.39 is 0 Å². The summed E-state index contributed by atoms with van der Waals surface area (Å²) in [5.41, 5.74) is 10.6. The summed E-state index contributed by atoms with van der Waals surface area (Å²) in [4.78, 5) is 0. The second-order valence-corrected chi connectivity index (χ2v) is 6.53. The monoisotopic (exact) mass is 326 g/mol. The number of ether oxygens (including phenoxy) is 1. The number of hydrogen-bond acceptors (Lipinski definition) is 3. The Morgan fingerprint density at radius 3 is 2.46 bits per heavy atom. The summed E-state index contributed by atoms with van der Waals surface area (Å²) in [6.07, 6.45) is 3.07. The summed E-state index contributed by atoms with van der Waals surface area (Å²) in [6, 6.07) is 14.8. The van der Waals surface area contributed by atoms with Crippen LogP contribution in [0.2, 0.25) is 0 Å². The first kappa shape index (κ1) is 18.2. The first-order chi connectivity index (χ1) is 11.6. The Labute approximate surface area is 146 Å². The van der Waals surface area contributed by atoms with Crippen molar-refractivity contribution in [3.8, 4) is 5.75 Å². The third kappa shape index (κ3) is 5.48. The average Bonchev–Trinajstić information content (AvgIpc) is 2.58. The summed E-state index contributed by atoms with van der Waals surface area (Å²) >= 11 is 0. The molecule has 0 aliphatic carbocycles. The summed E-state index contributed by atoms with van der Waals surface area (Å²) in [5, 5.41) is 3.48. The van der Waals surface area contributed by atoms with Crippen LogP contribution >= 0.6 is 0 Å². The molecule has 0 fully saturated rings. The van der Waals surface area contributed by atoms with E-state index in [1.807, 2.05) is 12.1 Å². The second-order valence-electron chi connectivity index (χ2n) is 6.53. The molecule has 0 radical (unpaired) electrons. The normalized spacial score (nSPS) is 10.8. The van der Waals surface area contributed by atoms with Gasteiger partial charge in [0.1, 0.15) is 5.75 Å². The van der Waals surface area contributed by atoms with Crippen LogP contribution in [0.1, 0.15) is 50.7 Å². The molecule has 2 aromatic carbocycles. The summed E-state index contributed by atoms with van der Waals surface area (Å²) in [6.45, 7) is 8.19. The predicted octanol–water partition coefficient (Wildman–Crippen LogP) is 5.23. The highest BCUT2D eigenvalue weighted by atomic mass is 16.5. The Morgan fingerprint density at radius 2 is 1.83 bits per heavy atom. The van der Waals surface area contributed by atoms with Crippen LogP contribution in [0.5, 0.6) is 5.75 Å². The lowest BCUT2D eigenvalue weighted by atomic mass is 10.0. The third-order valence-electron chi connectivity index (χ3n) is 4.08. The summed E-state index contributed by atoms with van der Waals surface area (Å²) in [5.74, 6) is 1.37. The highest BCUT2D eigenvalue weighted by Crippen LogP contribution is 2.23. The van der Waals surface area contributed by atoms with E-state index in [4.69, 9.17) is 10.5 Å². The molecule has 0 aliphatic rings. The minimum Gasteiger partial charge on any atom is -0.491 e. The molecule has 0 spiro atoms. The minimum absolute atomic E-state index is 0.578. The van der Waals surface area contributed by atoms with Gasteiger partial charge in [-0.05, 0) is 60.6 Å². The van der Waals surface area contributed by atoms with Gasteiger partial charge in [0.05, 0.1) is 12.3 Å². The summed E-state index contributed by atoms with van der Waals surface area (Å²) < 4.78 is 5.61. The predicted molar refractivity (Wildman–Crippen MR) is 104 cm³/mol. The molecule has 3 heteroatoms. The van der Waals surface area contributed by atoms with Crippen molar-refractivity contribution in [1.29, 1.82) is 0 Å². The van der Waals surface area contributed by atoms with Crippen molar-refractivity contribution in [1.82, 2.24) is 0 Å². The van der Waals surface area contributed by atoms with Crippen LogP contribution in [-0.2, 0) is 6.42 Å². The molecule has 0 unspecified atom stereocenters. The topological polar surface area (TPSA) is 47.3 Å². The molecule has 0 saturated heterocycles. The zero-order valence-corrected chi connectivity index (χ0v) is 15.1. The fraction of sp³-hybridized carbons (Fsp3) is 0.429. The van der Waals surface area contributed by atoms with Crippen molar-refractivity contribution in [3.63, 3.8) is 0 Å². The van der Waals surface area contributed by atoms with Crippen LogP contribution in [0.25, 0.3) is 0 Å². The largest absolute Gasteiger partial charge is 0.491 e. The van der Waals surface area contributed by atoms with Gasteiger partial charge in [0.25, 0.3) is 0 Å². The number of aryl methyl sites for hydroxylation is 1. The number of benzene rings is 2. The molecule has 24 heavy (non-hydrogen) atoms. The van der Waals surface area contributed by atoms with Gasteiger partial charge in [-0.1, -0.05) is 39.0 Å². The molecule has 0 bridgehead atoms. The van der Waals surface area contributed by atoms with Crippen LogP contribution in [0.15, 0.2) is 42.5 Å². The lowest BCUT2D eigenvalue weighted by Gasteiger charge is -2.11. The fourth-order valence-electron chi connectivity index (χ4n) is 2.61. The lowest BCUT2D eigenvalue weighted by molar-refractivity contribution is 0.319. The Bertz CT molecular complexity index is 620. The Hall–Kier alpha value is -2.16. The number of nitrogens with two attached hydrogens (primary N) is 1. The minimum atomic E-state index is 0.578. The van der Waals surface area contributed by atoms with Crippen molar-refractivity contribution < 1.29 is 4.74 Å². The Balaban J connectivity index is 1.76. The van der Waals surface area contributed by atoms with Crippen LogP contribution in [0.3, 0.4) is 0 Å². The zero-order chi connectivity index (χ0) is 17.4. The fourth-order valence-corrected chi connectivity index (χ4v) is 2.61. The van der Waals surface area contributed by atoms with Gasteiger partial charge >= 0.3 is 0 Å². The SMILES string of the molecule is CCCOc1ccc(CCCNc2ccc(C(C)C)cc2)cc1N. The number of nitrogen functional groups attached to an aromatic ring is 1. The molecule has 0 amide bonds. The Kier molecular flexibility index (Phi) is 6.98. The van der Waals surface area contributed by atoms with E-state index in [0.717, 1.165) is 37.2 Å². The van der Waals surface area contributed by atoms with Gasteiger partial charge in [-0.3, -0.25) is 0 Å². The van der Waals surface area contributed by atoms with E-state index in [2.05, 4.69) is 56.4 Å². The van der Waals surface area contributed by atoms with Gasteiger partial charge in [0.15, 0.2) is 0 Å². The highest BCUT2D eigenvalue weighted by molar-refractivity contribution is 5.54. The van der Waals surface area contributed by atoms with E-state index in [1.165, 1.54) is 16.8 Å².